The minimum absolute atomic E-state index is 0.0438. The van der Waals surface area contributed by atoms with Crippen molar-refractivity contribution >= 4 is 10.0 Å². The molecule has 0 aliphatic heterocycles. The highest BCUT2D eigenvalue weighted by atomic mass is 32.2. The number of benzene rings is 1. The van der Waals surface area contributed by atoms with Crippen LogP contribution in [-0.4, -0.2) is 37.5 Å². The third kappa shape index (κ3) is 4.91. The molecule has 0 bridgehead atoms. The van der Waals surface area contributed by atoms with Crippen LogP contribution in [0.2, 0.25) is 0 Å². The molecule has 0 unspecified atom stereocenters. The SMILES string of the molecule is CCCN(CCO)S(=O)(=O)Cc1ccc(CN)cc1. The summed E-state index contributed by atoms with van der Waals surface area (Å²) in [7, 11) is -3.38. The number of hydrogen-bond donors (Lipinski definition) is 2. The van der Waals surface area contributed by atoms with Gasteiger partial charge in [-0.15, -0.1) is 0 Å². The molecule has 5 nitrogen and oxygen atoms in total. The van der Waals surface area contributed by atoms with Crippen LogP contribution in [0.5, 0.6) is 0 Å². The highest BCUT2D eigenvalue weighted by Crippen LogP contribution is 2.12. The smallest absolute Gasteiger partial charge is 0.218 e. The molecule has 0 fully saturated rings. The quantitative estimate of drug-likeness (QED) is 0.736. The van der Waals surface area contributed by atoms with Crippen LogP contribution in [0, 0.1) is 0 Å². The Morgan fingerprint density at radius 3 is 2.21 bits per heavy atom. The van der Waals surface area contributed by atoms with Gasteiger partial charge in [0.2, 0.25) is 10.0 Å². The lowest BCUT2D eigenvalue weighted by atomic mass is 10.1. The zero-order valence-corrected chi connectivity index (χ0v) is 12.1. The number of aliphatic hydroxyl groups excluding tert-OH is 1. The van der Waals surface area contributed by atoms with Gasteiger partial charge in [-0.1, -0.05) is 31.2 Å². The molecule has 0 spiro atoms. The molecule has 0 saturated heterocycles. The minimum atomic E-state index is -3.38. The van der Waals surface area contributed by atoms with Crippen molar-refractivity contribution in [2.45, 2.75) is 25.6 Å². The summed E-state index contributed by atoms with van der Waals surface area (Å²) in [6.07, 6.45) is 0.728. The van der Waals surface area contributed by atoms with Gasteiger partial charge in [0.25, 0.3) is 0 Å². The van der Waals surface area contributed by atoms with Gasteiger partial charge in [0, 0.05) is 19.6 Å². The lowest BCUT2D eigenvalue weighted by molar-refractivity contribution is 0.253. The Hall–Kier alpha value is -0.950. The van der Waals surface area contributed by atoms with Crippen molar-refractivity contribution in [1.29, 1.82) is 0 Å². The van der Waals surface area contributed by atoms with Crippen molar-refractivity contribution in [3.63, 3.8) is 0 Å². The average Bonchev–Trinajstić information content (AvgIpc) is 2.39. The van der Waals surface area contributed by atoms with E-state index in [1.165, 1.54) is 4.31 Å². The van der Waals surface area contributed by atoms with E-state index in [-0.39, 0.29) is 18.9 Å². The number of rotatable bonds is 8. The van der Waals surface area contributed by atoms with Crippen molar-refractivity contribution in [3.05, 3.63) is 35.4 Å². The van der Waals surface area contributed by atoms with Crippen molar-refractivity contribution in [2.24, 2.45) is 5.73 Å². The molecule has 6 heteroatoms. The van der Waals surface area contributed by atoms with Gasteiger partial charge < -0.3 is 10.8 Å². The van der Waals surface area contributed by atoms with Crippen LogP contribution < -0.4 is 5.73 Å². The van der Waals surface area contributed by atoms with Gasteiger partial charge in [-0.2, -0.15) is 4.31 Å². The maximum atomic E-state index is 12.2. The zero-order valence-electron chi connectivity index (χ0n) is 11.2. The number of hydrogen-bond acceptors (Lipinski definition) is 4. The molecule has 0 aliphatic carbocycles. The van der Waals surface area contributed by atoms with E-state index in [4.69, 9.17) is 10.8 Å². The third-order valence-corrected chi connectivity index (χ3v) is 4.67. The van der Waals surface area contributed by atoms with Crippen LogP contribution in [-0.2, 0) is 22.3 Å². The Kier molecular flexibility index (Phi) is 6.44. The number of aliphatic hydroxyl groups is 1. The second-order valence-electron chi connectivity index (χ2n) is 4.40. The molecule has 108 valence electrons. The second-order valence-corrected chi connectivity index (χ2v) is 6.37. The van der Waals surface area contributed by atoms with Crippen molar-refractivity contribution in [3.8, 4) is 0 Å². The molecule has 0 saturated carbocycles. The molecule has 1 aromatic carbocycles. The molecule has 0 atom stereocenters. The van der Waals surface area contributed by atoms with Crippen LogP contribution in [0.25, 0.3) is 0 Å². The predicted molar refractivity (Wildman–Crippen MR) is 75.9 cm³/mol. The summed E-state index contributed by atoms with van der Waals surface area (Å²) in [5.41, 5.74) is 7.21. The lowest BCUT2D eigenvalue weighted by Gasteiger charge is -2.20. The van der Waals surface area contributed by atoms with Crippen LogP contribution in [0.4, 0.5) is 0 Å². The highest BCUT2D eigenvalue weighted by Gasteiger charge is 2.21. The first-order valence-electron chi connectivity index (χ1n) is 6.40. The number of sulfonamides is 1. The summed E-state index contributed by atoms with van der Waals surface area (Å²) >= 11 is 0. The van der Waals surface area contributed by atoms with Crippen LogP contribution in [0.1, 0.15) is 24.5 Å². The van der Waals surface area contributed by atoms with Crippen LogP contribution in [0.15, 0.2) is 24.3 Å². The standard InChI is InChI=1S/C13H22N2O3S/c1-2-7-15(8-9-16)19(17,18)11-13-5-3-12(10-14)4-6-13/h3-6,16H,2,7-11,14H2,1H3. The van der Waals surface area contributed by atoms with Crippen molar-refractivity contribution in [1.82, 2.24) is 4.31 Å². The number of nitrogens with two attached hydrogens (primary N) is 1. The molecule has 0 amide bonds. The molecule has 19 heavy (non-hydrogen) atoms. The Balaban J connectivity index is 2.81. The summed E-state index contributed by atoms with van der Waals surface area (Å²) in [5, 5.41) is 8.94. The molecular weight excluding hydrogens is 264 g/mol. The minimum Gasteiger partial charge on any atom is -0.395 e. The third-order valence-electron chi connectivity index (χ3n) is 2.82. The van der Waals surface area contributed by atoms with E-state index >= 15 is 0 Å². The Morgan fingerprint density at radius 1 is 1.16 bits per heavy atom. The summed E-state index contributed by atoms with van der Waals surface area (Å²) in [6, 6.07) is 7.23. The van der Waals surface area contributed by atoms with E-state index in [1.807, 2.05) is 19.1 Å². The maximum absolute atomic E-state index is 12.2. The average molecular weight is 286 g/mol. The van der Waals surface area contributed by atoms with E-state index < -0.39 is 10.0 Å². The van der Waals surface area contributed by atoms with Gasteiger partial charge in [-0.25, -0.2) is 8.42 Å². The summed E-state index contributed by atoms with van der Waals surface area (Å²) in [6.45, 7) is 2.78. The van der Waals surface area contributed by atoms with Gasteiger partial charge >= 0.3 is 0 Å². The fourth-order valence-corrected chi connectivity index (χ4v) is 3.44. The molecular formula is C13H22N2O3S. The highest BCUT2D eigenvalue weighted by molar-refractivity contribution is 7.88. The van der Waals surface area contributed by atoms with E-state index in [0.717, 1.165) is 17.5 Å². The van der Waals surface area contributed by atoms with Gasteiger partial charge in [0.1, 0.15) is 0 Å². The van der Waals surface area contributed by atoms with Gasteiger partial charge in [-0.05, 0) is 17.5 Å². The molecule has 0 aliphatic rings. The molecule has 0 aromatic heterocycles. The van der Waals surface area contributed by atoms with Crippen LogP contribution in [0.3, 0.4) is 0 Å². The normalized spacial score (nSPS) is 12.0. The molecule has 3 N–H and O–H groups in total. The fraction of sp³-hybridized carbons (Fsp3) is 0.538. The molecule has 0 heterocycles. The summed E-state index contributed by atoms with van der Waals surface area (Å²) < 4.78 is 25.8. The van der Waals surface area contributed by atoms with Crippen molar-refractivity contribution < 1.29 is 13.5 Å². The first-order valence-corrected chi connectivity index (χ1v) is 8.01. The van der Waals surface area contributed by atoms with E-state index in [9.17, 15) is 8.42 Å². The van der Waals surface area contributed by atoms with Crippen molar-refractivity contribution in [2.75, 3.05) is 19.7 Å². The summed E-state index contributed by atoms with van der Waals surface area (Å²) in [5.74, 6) is -0.0438. The predicted octanol–water partition coefficient (Wildman–Crippen LogP) is 0.679. The van der Waals surface area contributed by atoms with Gasteiger partial charge in [-0.3, -0.25) is 0 Å². The Morgan fingerprint density at radius 2 is 1.74 bits per heavy atom. The molecule has 0 radical (unpaired) electrons. The lowest BCUT2D eigenvalue weighted by Crippen LogP contribution is -2.35. The second kappa shape index (κ2) is 7.59. The first kappa shape index (κ1) is 16.1. The fourth-order valence-electron chi connectivity index (χ4n) is 1.82. The topological polar surface area (TPSA) is 83.6 Å². The van der Waals surface area contributed by atoms with Gasteiger partial charge in [0.15, 0.2) is 0 Å². The van der Waals surface area contributed by atoms with E-state index in [2.05, 4.69) is 0 Å². The Labute approximate surface area is 115 Å². The largest absolute Gasteiger partial charge is 0.395 e. The van der Waals surface area contributed by atoms with Crippen LogP contribution >= 0.6 is 0 Å². The van der Waals surface area contributed by atoms with E-state index in [1.54, 1.807) is 12.1 Å². The summed E-state index contributed by atoms with van der Waals surface area (Å²) in [4.78, 5) is 0. The van der Waals surface area contributed by atoms with Gasteiger partial charge in [0.05, 0.1) is 12.4 Å². The molecule has 1 aromatic rings. The zero-order chi connectivity index (χ0) is 14.3. The monoisotopic (exact) mass is 286 g/mol. The molecule has 1 rings (SSSR count). The first-order chi connectivity index (χ1) is 9.03. The van der Waals surface area contributed by atoms with E-state index in [0.29, 0.717) is 13.1 Å². The maximum Gasteiger partial charge on any atom is 0.218 e. The number of nitrogens with zero attached hydrogens (tertiary/aromatic N) is 1. The Bertz CT molecular complexity index is 465.